The first-order valence-corrected chi connectivity index (χ1v) is 9.71. The van der Waals surface area contributed by atoms with Gasteiger partial charge in [-0.15, -0.1) is 0 Å². The standard InChI is InChI=1S/C21H28N2O5/c1-12(2)27-19-15(10-7-11-16(19)26-4)18-17(13(3)22-21(25)23-18)20(24)28-14-8-5-6-9-14/h7,10-12,14,17-18H,3,5-6,8-9H2,1-2,4H3,(H2,22,23,25)/t17-,18+/m0/s1. The van der Waals surface area contributed by atoms with Crippen LogP contribution < -0.4 is 20.1 Å². The maximum Gasteiger partial charge on any atom is 0.319 e. The third-order valence-corrected chi connectivity index (χ3v) is 5.03. The minimum Gasteiger partial charge on any atom is -0.493 e. The molecule has 2 amide bonds. The zero-order valence-electron chi connectivity index (χ0n) is 16.6. The molecule has 0 unspecified atom stereocenters. The van der Waals surface area contributed by atoms with Gasteiger partial charge in [-0.2, -0.15) is 0 Å². The minimum atomic E-state index is -0.764. The number of nitrogens with one attached hydrogen (secondary N) is 2. The summed E-state index contributed by atoms with van der Waals surface area (Å²) in [6.07, 6.45) is 3.68. The molecular formula is C21H28N2O5. The average Bonchev–Trinajstić information content (AvgIpc) is 3.13. The summed E-state index contributed by atoms with van der Waals surface area (Å²) in [6.45, 7) is 7.72. The van der Waals surface area contributed by atoms with Crippen LogP contribution in [0.25, 0.3) is 0 Å². The number of hydrogen-bond donors (Lipinski definition) is 2. The minimum absolute atomic E-state index is 0.0738. The summed E-state index contributed by atoms with van der Waals surface area (Å²) in [7, 11) is 1.55. The maximum absolute atomic E-state index is 13.0. The number of ether oxygens (including phenoxy) is 3. The van der Waals surface area contributed by atoms with Crippen molar-refractivity contribution in [2.75, 3.05) is 7.11 Å². The van der Waals surface area contributed by atoms with Crippen LogP contribution in [0.15, 0.2) is 30.5 Å². The first-order chi connectivity index (χ1) is 13.4. The summed E-state index contributed by atoms with van der Waals surface area (Å²) in [5.41, 5.74) is 0.965. The number of rotatable bonds is 6. The van der Waals surface area contributed by atoms with E-state index in [9.17, 15) is 9.59 Å². The van der Waals surface area contributed by atoms with Gasteiger partial charge < -0.3 is 24.8 Å². The number of amides is 2. The van der Waals surface area contributed by atoms with Crippen molar-refractivity contribution in [3.05, 3.63) is 36.0 Å². The highest BCUT2D eigenvalue weighted by Gasteiger charge is 2.41. The van der Waals surface area contributed by atoms with Crippen molar-refractivity contribution in [1.82, 2.24) is 10.6 Å². The molecule has 7 heteroatoms. The zero-order chi connectivity index (χ0) is 20.3. The fraction of sp³-hybridized carbons (Fsp3) is 0.524. The molecular weight excluding hydrogens is 360 g/mol. The van der Waals surface area contributed by atoms with Crippen LogP contribution in [-0.4, -0.2) is 31.3 Å². The number of esters is 1. The van der Waals surface area contributed by atoms with Crippen molar-refractivity contribution in [3.8, 4) is 11.5 Å². The summed E-state index contributed by atoms with van der Waals surface area (Å²) in [4.78, 5) is 25.1. The van der Waals surface area contributed by atoms with Crippen molar-refractivity contribution in [2.45, 2.75) is 57.8 Å². The Morgan fingerprint density at radius 2 is 1.96 bits per heavy atom. The molecule has 7 nitrogen and oxygen atoms in total. The molecule has 1 aromatic rings. The molecule has 1 saturated carbocycles. The van der Waals surface area contributed by atoms with Crippen LogP contribution in [0.4, 0.5) is 4.79 Å². The highest BCUT2D eigenvalue weighted by Crippen LogP contribution is 2.41. The number of para-hydroxylation sites is 1. The van der Waals surface area contributed by atoms with E-state index in [0.717, 1.165) is 25.7 Å². The first-order valence-electron chi connectivity index (χ1n) is 9.71. The number of methoxy groups -OCH3 is 1. The summed E-state index contributed by atoms with van der Waals surface area (Å²) in [5, 5.41) is 5.44. The molecule has 0 aromatic heterocycles. The molecule has 0 radical (unpaired) electrons. The van der Waals surface area contributed by atoms with Crippen LogP contribution in [0.5, 0.6) is 11.5 Å². The second-order valence-corrected chi connectivity index (χ2v) is 7.47. The monoisotopic (exact) mass is 388 g/mol. The smallest absolute Gasteiger partial charge is 0.319 e. The fourth-order valence-corrected chi connectivity index (χ4v) is 3.77. The van der Waals surface area contributed by atoms with Crippen LogP contribution in [0, 0.1) is 5.92 Å². The third-order valence-electron chi connectivity index (χ3n) is 5.03. The van der Waals surface area contributed by atoms with Gasteiger partial charge in [-0.1, -0.05) is 18.7 Å². The van der Waals surface area contributed by atoms with E-state index in [4.69, 9.17) is 14.2 Å². The van der Waals surface area contributed by atoms with E-state index >= 15 is 0 Å². The van der Waals surface area contributed by atoms with Gasteiger partial charge in [0.2, 0.25) is 0 Å². The molecule has 2 atom stereocenters. The number of urea groups is 1. The largest absolute Gasteiger partial charge is 0.493 e. The van der Waals surface area contributed by atoms with E-state index in [1.165, 1.54) is 0 Å². The van der Waals surface area contributed by atoms with Gasteiger partial charge in [0.05, 0.1) is 19.3 Å². The predicted molar refractivity (Wildman–Crippen MR) is 104 cm³/mol. The Morgan fingerprint density at radius 1 is 1.25 bits per heavy atom. The lowest BCUT2D eigenvalue weighted by Gasteiger charge is -2.35. The van der Waals surface area contributed by atoms with Crippen molar-refractivity contribution in [2.24, 2.45) is 5.92 Å². The topological polar surface area (TPSA) is 85.9 Å². The van der Waals surface area contributed by atoms with E-state index in [-0.39, 0.29) is 12.2 Å². The predicted octanol–water partition coefficient (Wildman–Crippen LogP) is 3.45. The average molecular weight is 388 g/mol. The molecule has 0 bridgehead atoms. The van der Waals surface area contributed by atoms with Crippen LogP contribution in [0.3, 0.4) is 0 Å². The molecule has 1 aliphatic carbocycles. The van der Waals surface area contributed by atoms with Gasteiger partial charge >= 0.3 is 12.0 Å². The summed E-state index contributed by atoms with van der Waals surface area (Å²) in [6, 6.07) is 4.32. The Hall–Kier alpha value is -2.70. The van der Waals surface area contributed by atoms with Crippen LogP contribution in [0.2, 0.25) is 0 Å². The Labute approximate surface area is 165 Å². The van der Waals surface area contributed by atoms with Crippen molar-refractivity contribution >= 4 is 12.0 Å². The molecule has 1 aromatic carbocycles. The van der Waals surface area contributed by atoms with E-state index < -0.39 is 24.0 Å². The molecule has 2 fully saturated rings. The first kappa shape index (κ1) is 20.0. The maximum atomic E-state index is 13.0. The molecule has 28 heavy (non-hydrogen) atoms. The highest BCUT2D eigenvalue weighted by atomic mass is 16.5. The molecule has 1 aliphatic heterocycles. The number of carbonyl (C=O) groups excluding carboxylic acids is 2. The van der Waals surface area contributed by atoms with Gasteiger partial charge in [0, 0.05) is 11.3 Å². The number of carbonyl (C=O) groups is 2. The van der Waals surface area contributed by atoms with E-state index in [0.29, 0.717) is 22.8 Å². The highest BCUT2D eigenvalue weighted by molar-refractivity contribution is 5.85. The van der Waals surface area contributed by atoms with E-state index in [1.54, 1.807) is 19.2 Å². The Morgan fingerprint density at radius 3 is 2.61 bits per heavy atom. The van der Waals surface area contributed by atoms with Crippen LogP contribution in [0.1, 0.15) is 51.1 Å². The van der Waals surface area contributed by atoms with Gasteiger partial charge in [-0.05, 0) is 45.6 Å². The molecule has 1 heterocycles. The van der Waals surface area contributed by atoms with Gasteiger partial charge in [0.1, 0.15) is 12.0 Å². The normalized spacial score (nSPS) is 22.6. The second-order valence-electron chi connectivity index (χ2n) is 7.47. The lowest BCUT2D eigenvalue weighted by molar-refractivity contribution is -0.153. The van der Waals surface area contributed by atoms with E-state index in [1.807, 2.05) is 19.9 Å². The quantitative estimate of drug-likeness (QED) is 0.729. The lowest BCUT2D eigenvalue weighted by Crippen LogP contribution is -2.51. The van der Waals surface area contributed by atoms with Gasteiger partial charge in [0.15, 0.2) is 11.5 Å². The van der Waals surface area contributed by atoms with Crippen LogP contribution in [-0.2, 0) is 9.53 Å². The lowest BCUT2D eigenvalue weighted by atomic mass is 9.88. The van der Waals surface area contributed by atoms with Crippen molar-refractivity contribution < 1.29 is 23.8 Å². The Balaban J connectivity index is 1.97. The molecule has 0 spiro atoms. The van der Waals surface area contributed by atoms with Gasteiger partial charge in [-0.25, -0.2) is 4.79 Å². The van der Waals surface area contributed by atoms with E-state index in [2.05, 4.69) is 17.2 Å². The zero-order valence-corrected chi connectivity index (χ0v) is 16.6. The molecule has 152 valence electrons. The Bertz CT molecular complexity index is 755. The second kappa shape index (κ2) is 8.54. The molecule has 2 N–H and O–H groups in total. The summed E-state index contributed by atoms with van der Waals surface area (Å²) in [5.74, 6) is -0.126. The molecule has 1 saturated heterocycles. The number of hydrogen-bond acceptors (Lipinski definition) is 5. The molecule has 2 aliphatic rings. The summed E-state index contributed by atoms with van der Waals surface area (Å²) >= 11 is 0. The third kappa shape index (κ3) is 4.24. The number of benzene rings is 1. The van der Waals surface area contributed by atoms with Crippen molar-refractivity contribution in [1.29, 1.82) is 0 Å². The van der Waals surface area contributed by atoms with Crippen LogP contribution >= 0.6 is 0 Å². The van der Waals surface area contributed by atoms with Gasteiger partial charge in [-0.3, -0.25) is 4.79 Å². The SMILES string of the molecule is C=C1NC(=O)N[C@H](c2cccc(OC)c2OC(C)C)[C@H]1C(=O)OC1CCCC1. The van der Waals surface area contributed by atoms with Crippen molar-refractivity contribution in [3.63, 3.8) is 0 Å². The molecule has 3 rings (SSSR count). The fourth-order valence-electron chi connectivity index (χ4n) is 3.77. The van der Waals surface area contributed by atoms with Gasteiger partial charge in [0.25, 0.3) is 0 Å². The Kier molecular flexibility index (Phi) is 6.11. The summed E-state index contributed by atoms with van der Waals surface area (Å²) < 4.78 is 17.1.